The molecule has 0 radical (unpaired) electrons. The lowest BCUT2D eigenvalue weighted by Gasteiger charge is -2.13. The van der Waals surface area contributed by atoms with Crippen LogP contribution in [0.3, 0.4) is 0 Å². The summed E-state index contributed by atoms with van der Waals surface area (Å²) in [7, 11) is 0. The van der Waals surface area contributed by atoms with Crippen LogP contribution in [0.2, 0.25) is 0 Å². The third kappa shape index (κ3) is 6.46. The summed E-state index contributed by atoms with van der Waals surface area (Å²) >= 11 is 0. The van der Waals surface area contributed by atoms with Crippen molar-refractivity contribution in [3.05, 3.63) is 129 Å². The average molecular weight is 645 g/mol. The van der Waals surface area contributed by atoms with Crippen molar-refractivity contribution in [3.8, 4) is 93.1 Å². The molecule has 50 heavy (non-hydrogen) atoms. The highest BCUT2D eigenvalue weighted by atomic mass is 19.1. The second-order valence-corrected chi connectivity index (χ2v) is 10.6. The Bertz CT molecular complexity index is 2490. The summed E-state index contributed by atoms with van der Waals surface area (Å²) < 4.78 is 30.6. The quantitative estimate of drug-likeness (QED) is 0.211. The van der Waals surface area contributed by atoms with Gasteiger partial charge >= 0.3 is 0 Å². The fourth-order valence-electron chi connectivity index (χ4n) is 5.45. The Morgan fingerprint density at radius 3 is 0.900 bits per heavy atom. The molecule has 10 heteroatoms. The van der Waals surface area contributed by atoms with Gasteiger partial charge in [0.15, 0.2) is 0 Å². The summed E-state index contributed by atoms with van der Waals surface area (Å²) in [6.45, 7) is 0. The van der Waals surface area contributed by atoms with Gasteiger partial charge in [-0.3, -0.25) is 0 Å². The van der Waals surface area contributed by atoms with Crippen molar-refractivity contribution in [1.82, 2.24) is 0 Å². The summed E-state index contributed by atoms with van der Waals surface area (Å²) in [5.41, 5.74) is 1.36. The van der Waals surface area contributed by atoms with Crippen LogP contribution in [0.1, 0.15) is 22.3 Å². The highest BCUT2D eigenvalue weighted by Gasteiger charge is 2.17. The molecule has 0 aliphatic carbocycles. The fraction of sp³-hybridized carbons (Fsp3) is 0. The van der Waals surface area contributed by atoms with Crippen molar-refractivity contribution in [1.29, 1.82) is 42.1 Å². The predicted octanol–water partition coefficient (Wildman–Crippen LogP) is 6.52. The maximum absolute atomic E-state index is 15.3. The van der Waals surface area contributed by atoms with Gasteiger partial charge in [-0.25, -0.2) is 8.78 Å². The van der Waals surface area contributed by atoms with Crippen LogP contribution in [0.5, 0.6) is 0 Å². The molecule has 5 rings (SSSR count). The highest BCUT2D eigenvalue weighted by Crippen LogP contribution is 2.31. The van der Waals surface area contributed by atoms with Crippen LogP contribution < -0.4 is 10.4 Å². The third-order valence-corrected chi connectivity index (χ3v) is 7.61. The minimum absolute atomic E-state index is 0.0203. The van der Waals surface area contributed by atoms with E-state index in [-0.39, 0.29) is 66.1 Å². The van der Waals surface area contributed by atoms with E-state index in [0.29, 0.717) is 11.1 Å². The number of nitriles is 8. The normalized spacial score (nSPS) is 9.64. The van der Waals surface area contributed by atoms with E-state index in [4.69, 9.17) is 0 Å². The number of hydrogen-bond donors (Lipinski definition) is 0. The van der Waals surface area contributed by atoms with Crippen molar-refractivity contribution in [2.75, 3.05) is 0 Å². The van der Waals surface area contributed by atoms with E-state index in [0.717, 1.165) is 12.1 Å². The van der Waals surface area contributed by atoms with Crippen LogP contribution in [0.15, 0.2) is 84.9 Å². The summed E-state index contributed by atoms with van der Waals surface area (Å²) in [6, 6.07) is 33.9. The van der Waals surface area contributed by atoms with Crippen molar-refractivity contribution in [3.63, 3.8) is 0 Å². The Morgan fingerprint density at radius 1 is 0.340 bits per heavy atom. The predicted molar refractivity (Wildman–Crippen MR) is 175 cm³/mol. The van der Waals surface area contributed by atoms with Gasteiger partial charge in [0.1, 0.15) is 47.1 Å². The lowest BCUT2D eigenvalue weighted by molar-refractivity contribution is 0.628. The molecule has 0 fully saturated rings. The molecule has 0 spiro atoms. The smallest absolute Gasteiger partial charge is 0.137 e. The molecule has 0 saturated carbocycles. The van der Waals surface area contributed by atoms with Gasteiger partial charge in [0, 0.05) is 10.4 Å². The van der Waals surface area contributed by atoms with Crippen molar-refractivity contribution in [2.24, 2.45) is 0 Å². The van der Waals surface area contributed by atoms with E-state index >= 15 is 8.78 Å². The Hall–Kier alpha value is -8.38. The first-order valence-corrected chi connectivity index (χ1v) is 14.2. The van der Waals surface area contributed by atoms with Gasteiger partial charge in [-0.05, 0) is 129 Å². The first kappa shape index (κ1) is 33.0. The number of benzene rings is 5. The largest absolute Gasteiger partial charge is 0.207 e. The highest BCUT2D eigenvalue weighted by molar-refractivity contribution is 5.87. The lowest BCUT2D eigenvalue weighted by atomic mass is 9.89. The molecule has 0 atom stereocenters. The van der Waals surface area contributed by atoms with Crippen LogP contribution in [-0.4, -0.2) is 0 Å². The van der Waals surface area contributed by atoms with E-state index in [9.17, 15) is 42.1 Å². The zero-order valence-electron chi connectivity index (χ0n) is 25.4. The molecule has 228 valence electrons. The average Bonchev–Trinajstić information content (AvgIpc) is 3.14. The molecule has 0 aromatic heterocycles. The summed E-state index contributed by atoms with van der Waals surface area (Å²) in [5.74, 6) is -1.50. The van der Waals surface area contributed by atoms with Crippen LogP contribution in [0.25, 0.3) is 55.7 Å². The Labute approximate surface area is 283 Å². The molecular formula is C40H14F2N8. The summed E-state index contributed by atoms with van der Waals surface area (Å²) in [5, 5.41) is 77.6. The minimum Gasteiger partial charge on any atom is -0.207 e. The number of rotatable bonds is 4. The molecule has 0 saturated heterocycles. The number of nitrogens with zero attached hydrogens (tertiary/aromatic N) is 8. The van der Waals surface area contributed by atoms with Gasteiger partial charge < -0.3 is 0 Å². The molecule has 0 N–H and O–H groups in total. The zero-order valence-corrected chi connectivity index (χ0v) is 25.4. The first-order valence-electron chi connectivity index (χ1n) is 14.2. The Balaban J connectivity index is 1.89. The molecular weight excluding hydrogens is 630 g/mol. The molecule has 0 bridgehead atoms. The first-order chi connectivity index (χ1) is 24.2. The maximum atomic E-state index is 15.3. The van der Waals surface area contributed by atoms with Gasteiger partial charge in [0.25, 0.3) is 0 Å². The van der Waals surface area contributed by atoms with E-state index in [1.54, 1.807) is 0 Å². The van der Waals surface area contributed by atoms with Crippen LogP contribution in [0, 0.1) is 102 Å². The number of hydrogen-bond acceptors (Lipinski definition) is 8. The summed E-state index contributed by atoms with van der Waals surface area (Å²) in [6.07, 6.45) is 0. The number of halogens is 2. The van der Waals surface area contributed by atoms with Gasteiger partial charge in [-0.1, -0.05) is 0 Å². The topological polar surface area (TPSA) is 190 Å². The Morgan fingerprint density at radius 2 is 0.620 bits per heavy atom. The standard InChI is InChI=1S/C40H14F2N8/c41-35-9-29(27-3-23(15-43)1-24(4-27)16-44)7-31(11-35)37-13-40(34(21-49)22-50)38(14-39(37)33(19-47)20-48)32-8-30(10-36(42)12-32)28-5-25(17-45)2-26(6-28)18-46/h1-14H. The lowest BCUT2D eigenvalue weighted by Crippen LogP contribution is -2.19. The van der Waals surface area contributed by atoms with Gasteiger partial charge in [0.05, 0.1) is 46.5 Å². The molecule has 8 nitrogen and oxygen atoms in total. The molecule has 5 aromatic rings. The molecule has 0 unspecified atom stereocenters. The summed E-state index contributed by atoms with van der Waals surface area (Å²) in [4.78, 5) is 0. The van der Waals surface area contributed by atoms with Gasteiger partial charge in [0.2, 0.25) is 0 Å². The van der Waals surface area contributed by atoms with E-state index in [2.05, 4.69) is 0 Å². The van der Waals surface area contributed by atoms with Gasteiger partial charge in [-0.2, -0.15) is 42.1 Å². The third-order valence-electron chi connectivity index (χ3n) is 7.61. The van der Waals surface area contributed by atoms with E-state index < -0.39 is 22.8 Å². The van der Waals surface area contributed by atoms with Crippen LogP contribution in [0.4, 0.5) is 8.78 Å². The van der Waals surface area contributed by atoms with Crippen molar-refractivity contribution >= 4 is 11.1 Å². The Kier molecular flexibility index (Phi) is 9.20. The van der Waals surface area contributed by atoms with E-state index in [1.165, 1.54) is 72.8 Å². The molecule has 0 heterocycles. The second-order valence-electron chi connectivity index (χ2n) is 10.6. The minimum atomic E-state index is -0.749. The second kappa shape index (κ2) is 13.9. The fourth-order valence-corrected chi connectivity index (χ4v) is 5.45. The van der Waals surface area contributed by atoms with E-state index in [1.807, 2.05) is 48.6 Å². The zero-order chi connectivity index (χ0) is 35.9. The van der Waals surface area contributed by atoms with Crippen molar-refractivity contribution < 1.29 is 8.78 Å². The molecule has 0 amide bonds. The molecule has 0 aliphatic rings. The maximum Gasteiger partial charge on any atom is 0.137 e. The molecule has 0 aliphatic heterocycles. The van der Waals surface area contributed by atoms with Gasteiger partial charge in [-0.15, -0.1) is 0 Å². The van der Waals surface area contributed by atoms with Crippen LogP contribution >= 0.6 is 0 Å². The molecule has 5 aromatic carbocycles. The monoisotopic (exact) mass is 644 g/mol. The van der Waals surface area contributed by atoms with Crippen LogP contribution in [-0.2, 0) is 0 Å². The van der Waals surface area contributed by atoms with Crippen molar-refractivity contribution in [2.45, 2.75) is 0 Å². The SMILES string of the molecule is N#CC(C#N)=c1cc(-c2cc(F)cc(-c3cc(C#N)cc(C#N)c3)c2)c(=C(C#N)C#N)cc1-c1cc(F)cc(-c2cc(C#N)cc(C#N)c2)c1.